The standard InChI is InChI=1S/C33H44F2N10O13P2/c1-32(2,3)30(46)50-14-54-59(48)52-8-16-7-17(44-12-42-21-25(36)38-10-40-27(21)44)19(34)23(16)57-60(49,55-15-51-31(47)33(4,5)6)53-9-18-24(58-59)20(35)29(56-18)45-13-43-22-26(37)39-11-41-28(22)45/h10-13,16-20,23-24,29H,7-9,14-15H2,1-6H3,(H2,36,38,40)(H2,37,39,41)/t16-,17-,18-,19-,20+,23?,24+,29-,59?,60?/m1/s1. The highest BCUT2D eigenvalue weighted by Crippen LogP contribution is 2.59. The van der Waals surface area contributed by atoms with E-state index in [4.69, 9.17) is 52.8 Å². The molecule has 0 aromatic carbocycles. The lowest BCUT2D eigenvalue weighted by atomic mass is 9.98. The van der Waals surface area contributed by atoms with E-state index in [9.17, 15) is 18.7 Å². The Labute approximate surface area is 340 Å². The largest absolute Gasteiger partial charge is 0.478 e. The van der Waals surface area contributed by atoms with E-state index in [0.717, 1.165) is 12.7 Å². The number of anilines is 2. The fourth-order valence-electron chi connectivity index (χ4n) is 6.54. The van der Waals surface area contributed by atoms with Crippen LogP contribution in [0.3, 0.4) is 0 Å². The molecule has 0 spiro atoms. The van der Waals surface area contributed by atoms with Crippen molar-refractivity contribution in [2.75, 3.05) is 38.3 Å². The molecule has 2 saturated heterocycles. The van der Waals surface area contributed by atoms with Crippen molar-refractivity contribution in [2.24, 2.45) is 16.7 Å². The van der Waals surface area contributed by atoms with Gasteiger partial charge in [0, 0.05) is 5.92 Å². The Hall–Kier alpha value is -4.32. The number of rotatable bonds is 8. The smallest absolute Gasteiger partial charge is 0.437 e. The number of halogens is 2. The third kappa shape index (κ3) is 8.86. The second-order valence-corrected chi connectivity index (χ2v) is 19.4. The fourth-order valence-corrected chi connectivity index (χ4v) is 9.14. The van der Waals surface area contributed by atoms with Gasteiger partial charge in [0.15, 0.2) is 35.3 Å². The molecule has 3 unspecified atom stereocenters. The molecular weight excluding hydrogens is 844 g/mol. The van der Waals surface area contributed by atoms with Gasteiger partial charge in [0.2, 0.25) is 13.6 Å². The number of hydrogen-bond acceptors (Lipinski definition) is 21. The Kier molecular flexibility index (Phi) is 12.0. The van der Waals surface area contributed by atoms with Crippen molar-refractivity contribution in [1.29, 1.82) is 0 Å². The highest BCUT2D eigenvalue weighted by molar-refractivity contribution is 7.48. The first-order valence-corrected chi connectivity index (χ1v) is 21.4. The predicted molar refractivity (Wildman–Crippen MR) is 200 cm³/mol. The monoisotopic (exact) mass is 888 g/mol. The molecule has 27 heteroatoms. The highest BCUT2D eigenvalue weighted by Gasteiger charge is 2.55. The molecular formula is C33H44F2N10O13P2. The van der Waals surface area contributed by atoms with Crippen LogP contribution in [0.15, 0.2) is 25.3 Å². The summed E-state index contributed by atoms with van der Waals surface area (Å²) < 4.78 is 116. The van der Waals surface area contributed by atoms with Crippen LogP contribution in [0.1, 0.15) is 60.2 Å². The fraction of sp³-hybridized carbons (Fsp3) is 0.636. The molecule has 4 N–H and O–H groups in total. The van der Waals surface area contributed by atoms with Crippen LogP contribution in [0.4, 0.5) is 20.4 Å². The van der Waals surface area contributed by atoms with Crippen LogP contribution in [0.5, 0.6) is 0 Å². The molecule has 7 rings (SSSR count). The molecule has 328 valence electrons. The average molecular weight is 889 g/mol. The number of ether oxygens (including phenoxy) is 3. The van der Waals surface area contributed by atoms with Gasteiger partial charge in [-0.3, -0.25) is 32.3 Å². The zero-order chi connectivity index (χ0) is 43.4. The summed E-state index contributed by atoms with van der Waals surface area (Å²) in [5.41, 5.74) is 10.4. The maximum atomic E-state index is 16.9. The minimum absolute atomic E-state index is 0.0192. The van der Waals surface area contributed by atoms with E-state index < -0.39 is 114 Å². The van der Waals surface area contributed by atoms with E-state index in [0.29, 0.717) is 0 Å². The molecule has 6 heterocycles. The first-order valence-electron chi connectivity index (χ1n) is 18.5. The van der Waals surface area contributed by atoms with Crippen LogP contribution in [0.2, 0.25) is 0 Å². The van der Waals surface area contributed by atoms with Crippen molar-refractivity contribution < 1.29 is 68.9 Å². The molecule has 0 bridgehead atoms. The van der Waals surface area contributed by atoms with Crippen molar-refractivity contribution in [3.63, 3.8) is 0 Å². The Bertz CT molecular complexity index is 2180. The number of aromatic nitrogens is 8. The van der Waals surface area contributed by atoms with Crippen molar-refractivity contribution in [3.8, 4) is 0 Å². The topological polar surface area (TPSA) is 291 Å². The van der Waals surface area contributed by atoms with Crippen molar-refractivity contribution in [2.45, 2.75) is 90.9 Å². The number of nitrogens with zero attached hydrogens (tertiary/aromatic N) is 8. The van der Waals surface area contributed by atoms with Gasteiger partial charge in [0.25, 0.3) is 0 Å². The summed E-state index contributed by atoms with van der Waals surface area (Å²) in [6, 6.07) is -1.16. The summed E-state index contributed by atoms with van der Waals surface area (Å²) in [4.78, 5) is 49.6. The quantitative estimate of drug-likeness (QED) is 0.143. The summed E-state index contributed by atoms with van der Waals surface area (Å²) in [6.07, 6.45) is -6.66. The molecule has 60 heavy (non-hydrogen) atoms. The number of fused-ring (bicyclic) bond motifs is 4. The second kappa shape index (κ2) is 16.5. The van der Waals surface area contributed by atoms with E-state index in [1.165, 1.54) is 21.8 Å². The number of carbonyl (C=O) groups excluding carboxylic acids is 2. The maximum absolute atomic E-state index is 16.9. The average Bonchev–Trinajstić information content (AvgIpc) is 3.94. The number of phosphoric ester groups is 2. The van der Waals surface area contributed by atoms with Gasteiger partial charge >= 0.3 is 27.6 Å². The lowest BCUT2D eigenvalue weighted by Gasteiger charge is -2.30. The van der Waals surface area contributed by atoms with Crippen molar-refractivity contribution in [1.82, 2.24) is 39.0 Å². The number of phosphoric acid groups is 2. The van der Waals surface area contributed by atoms with Crippen LogP contribution < -0.4 is 11.5 Å². The first kappa shape index (κ1) is 43.8. The summed E-state index contributed by atoms with van der Waals surface area (Å²) in [5, 5.41) is 0. The van der Waals surface area contributed by atoms with Crippen LogP contribution in [0, 0.1) is 16.7 Å². The Morgan fingerprint density at radius 3 is 1.80 bits per heavy atom. The van der Waals surface area contributed by atoms with E-state index in [-0.39, 0.29) is 40.4 Å². The number of esters is 2. The van der Waals surface area contributed by atoms with Gasteiger partial charge in [-0.2, -0.15) is 0 Å². The van der Waals surface area contributed by atoms with Gasteiger partial charge in [0.05, 0.1) is 42.7 Å². The van der Waals surface area contributed by atoms with Gasteiger partial charge in [-0.05, 0) is 48.0 Å². The van der Waals surface area contributed by atoms with Crippen LogP contribution >= 0.6 is 15.6 Å². The Morgan fingerprint density at radius 1 is 0.750 bits per heavy atom. The summed E-state index contributed by atoms with van der Waals surface area (Å²) >= 11 is 0. The summed E-state index contributed by atoms with van der Waals surface area (Å²) in [5.74, 6) is -2.65. The maximum Gasteiger partial charge on any atom is 0.478 e. The number of imidazole rings is 2. The van der Waals surface area contributed by atoms with E-state index in [2.05, 4.69) is 29.9 Å². The van der Waals surface area contributed by atoms with Gasteiger partial charge in [0.1, 0.15) is 48.2 Å². The molecule has 3 aliphatic rings. The third-order valence-corrected chi connectivity index (χ3v) is 12.5. The lowest BCUT2D eigenvalue weighted by Crippen LogP contribution is -2.36. The predicted octanol–water partition coefficient (Wildman–Crippen LogP) is 4.13. The van der Waals surface area contributed by atoms with Crippen LogP contribution in [-0.2, 0) is 60.1 Å². The van der Waals surface area contributed by atoms with Crippen molar-refractivity contribution in [3.05, 3.63) is 25.3 Å². The van der Waals surface area contributed by atoms with Gasteiger partial charge < -0.3 is 30.2 Å². The molecule has 1 aliphatic carbocycles. The van der Waals surface area contributed by atoms with E-state index in [1.54, 1.807) is 41.5 Å². The zero-order valence-electron chi connectivity index (χ0n) is 33.2. The second-order valence-electron chi connectivity index (χ2n) is 16.2. The summed E-state index contributed by atoms with van der Waals surface area (Å²) in [7, 11) is -10.1. The van der Waals surface area contributed by atoms with Gasteiger partial charge in [-0.15, -0.1) is 0 Å². The number of nitrogen functional groups attached to an aromatic ring is 2. The lowest BCUT2D eigenvalue weighted by molar-refractivity contribution is -0.161. The molecule has 4 aromatic heterocycles. The molecule has 10 atom stereocenters. The third-order valence-electron chi connectivity index (χ3n) is 9.73. The summed E-state index contributed by atoms with van der Waals surface area (Å²) in [6.45, 7) is 5.86. The minimum Gasteiger partial charge on any atom is -0.437 e. The van der Waals surface area contributed by atoms with E-state index >= 15 is 8.78 Å². The number of hydrogen-bond donors (Lipinski definition) is 2. The molecule has 3 fully saturated rings. The Morgan fingerprint density at radius 2 is 1.25 bits per heavy atom. The van der Waals surface area contributed by atoms with Crippen LogP contribution in [-0.4, -0.2) is 108 Å². The van der Waals surface area contributed by atoms with Crippen LogP contribution in [0.25, 0.3) is 22.3 Å². The highest BCUT2D eigenvalue weighted by atomic mass is 31.2. The van der Waals surface area contributed by atoms with E-state index in [1.807, 2.05) is 0 Å². The minimum atomic E-state index is -5.03. The SMILES string of the molecule is CC(C)(C)C(=O)OCOP1(=O)OC[C@H]2O[C@@H](n3cnc4c(N)ncnc43)[C@@H](F)[C@H]2OP(=O)(OCOC(=O)C(C)(C)C)OC[C@H]2C[C@@H](n3cnc4c(N)ncnc43)[C@@H](F)C2O1. The first-order chi connectivity index (χ1) is 28.2. The number of alkyl halides is 2. The molecule has 4 aromatic rings. The van der Waals surface area contributed by atoms with Crippen molar-refractivity contribution >= 4 is 61.5 Å². The molecule has 1 saturated carbocycles. The van der Waals surface area contributed by atoms with Gasteiger partial charge in [-0.1, -0.05) is 0 Å². The van der Waals surface area contributed by atoms with Gasteiger partial charge in [-0.25, -0.2) is 56.9 Å². The molecule has 23 nitrogen and oxygen atoms in total. The zero-order valence-corrected chi connectivity index (χ0v) is 34.9. The molecule has 0 radical (unpaired) electrons. The number of carbonyl (C=O) groups is 2. The molecule has 2 aliphatic heterocycles. The normalized spacial score (nSPS) is 31.6. The molecule has 0 amide bonds. The number of nitrogens with two attached hydrogens (primary N) is 2. The Balaban J connectivity index is 1.24.